The molecule has 630 valence electrons. The van der Waals surface area contributed by atoms with E-state index in [0.29, 0.717) is 35.0 Å². The Hall–Kier alpha value is -11.3. The van der Waals surface area contributed by atoms with E-state index in [0.717, 1.165) is 15.9 Å². The number of esters is 1. The van der Waals surface area contributed by atoms with Gasteiger partial charge in [-0.1, -0.05) is 396 Å². The second-order valence-electron chi connectivity index (χ2n) is 26.8. The van der Waals surface area contributed by atoms with Crippen LogP contribution in [0.1, 0.15) is 51.8 Å². The first-order valence-corrected chi connectivity index (χ1v) is 45.8. The zero-order chi connectivity index (χ0) is 85.7. The summed E-state index contributed by atoms with van der Waals surface area (Å²) in [4.78, 5) is 29.8. The number of nitrogens with zero attached hydrogens (tertiary/aromatic N) is 2. The first kappa shape index (κ1) is 98.1. The number of aromatic nitrogens is 2. The van der Waals surface area contributed by atoms with Gasteiger partial charge in [-0.05, 0) is 198 Å². The van der Waals surface area contributed by atoms with Crippen molar-refractivity contribution in [1.29, 1.82) is 0 Å². The van der Waals surface area contributed by atoms with E-state index in [1.807, 2.05) is 24.3 Å². The predicted molar refractivity (Wildman–Crippen MR) is 522 cm³/mol. The van der Waals surface area contributed by atoms with E-state index in [1.54, 1.807) is 69.3 Å². The van der Waals surface area contributed by atoms with E-state index in [1.165, 1.54) is 75.8 Å². The van der Waals surface area contributed by atoms with Crippen molar-refractivity contribution in [3.05, 3.63) is 465 Å². The van der Waals surface area contributed by atoms with E-state index in [2.05, 4.69) is 395 Å². The van der Waals surface area contributed by atoms with Gasteiger partial charge in [-0.2, -0.15) is 0 Å². The quantitative estimate of drug-likeness (QED) is 0.0177. The van der Waals surface area contributed by atoms with Gasteiger partial charge in [0.1, 0.15) is 16.1 Å². The second-order valence-corrected chi connectivity index (χ2v) is 36.5. The molecule has 0 unspecified atom stereocenters. The van der Waals surface area contributed by atoms with Gasteiger partial charge in [-0.3, -0.25) is 4.98 Å². The summed E-state index contributed by atoms with van der Waals surface area (Å²) in [6.07, 6.45) is -1.11. The van der Waals surface area contributed by atoms with Crippen molar-refractivity contribution in [3.63, 3.8) is 0 Å². The Balaban J connectivity index is 0.000000180. The molecule has 0 saturated carbocycles. The average Bonchev–Trinajstić information content (AvgIpc) is 0.833. The minimum absolute atomic E-state index is 0. The average molecular weight is 1870 g/mol. The molecule has 12 nitrogen and oxygen atoms in total. The van der Waals surface area contributed by atoms with Gasteiger partial charge in [0.25, 0.3) is 0 Å². The molecule has 2 aromatic heterocycles. The first-order chi connectivity index (χ1) is 59.7. The topological polar surface area (TPSA) is 189 Å². The summed E-state index contributed by atoms with van der Waals surface area (Å²) in [5.41, 5.74) is 3.27. The molecule has 0 radical (unpaired) electrons. The molecule has 0 spiro atoms. The van der Waals surface area contributed by atoms with Crippen molar-refractivity contribution >= 4 is 136 Å². The minimum Gasteiger partial charge on any atom is -0.482 e. The maximum Gasteiger partial charge on any atom is 0.488 e. The number of hydrogen-bond acceptors (Lipinski definition) is 11. The third-order valence-corrected chi connectivity index (χ3v) is 28.1. The summed E-state index contributed by atoms with van der Waals surface area (Å²) in [5, 5.41) is 61.6. The summed E-state index contributed by atoms with van der Waals surface area (Å²) in [7, 11) is -3.28. The van der Waals surface area contributed by atoms with E-state index < -0.39 is 63.0 Å². The van der Waals surface area contributed by atoms with Gasteiger partial charge in [0, 0.05) is 26.0 Å². The van der Waals surface area contributed by atoms with Gasteiger partial charge in [-0.15, -0.1) is 0 Å². The van der Waals surface area contributed by atoms with Gasteiger partial charge in [0.2, 0.25) is 0 Å². The van der Waals surface area contributed by atoms with Crippen molar-refractivity contribution in [3.8, 4) is 22.8 Å². The van der Waals surface area contributed by atoms with Crippen molar-refractivity contribution in [2.24, 2.45) is 0 Å². The summed E-state index contributed by atoms with van der Waals surface area (Å²) in [5.74, 6) is -0.491. The van der Waals surface area contributed by atoms with Crippen LogP contribution in [-0.4, -0.2) is 74.2 Å². The Kier molecular flexibility index (Phi) is 43.5. The Morgan fingerprint density at radius 3 is 0.782 bits per heavy atom. The van der Waals surface area contributed by atoms with E-state index in [4.69, 9.17) is 29.7 Å². The Labute approximate surface area is 757 Å². The molecule has 0 amide bonds. The summed E-state index contributed by atoms with van der Waals surface area (Å²) < 4.78 is 15.6. The molecule has 0 bridgehead atoms. The molecule has 0 aliphatic carbocycles. The molecule has 0 aliphatic rings. The number of aliphatic carboxylic acids is 1. The molecule has 2 atom stereocenters. The minimum atomic E-state index is -1.50. The number of pyridine rings is 2. The fourth-order valence-electron chi connectivity index (χ4n) is 12.2. The third kappa shape index (κ3) is 32.7. The summed E-state index contributed by atoms with van der Waals surface area (Å²) in [6.45, 7) is 4.86. The van der Waals surface area contributed by atoms with Gasteiger partial charge in [0.05, 0.1) is 35.9 Å². The summed E-state index contributed by atoms with van der Waals surface area (Å²) in [6, 6.07) is 153. The van der Waals surface area contributed by atoms with Crippen molar-refractivity contribution in [2.45, 2.75) is 40.4 Å². The van der Waals surface area contributed by atoms with Crippen LogP contribution in [0.4, 0.5) is 0 Å². The van der Waals surface area contributed by atoms with Crippen LogP contribution in [0.3, 0.4) is 0 Å². The van der Waals surface area contributed by atoms with Crippen LogP contribution in [0.25, 0.3) is 11.3 Å². The maximum atomic E-state index is 11.0. The number of aliphatic hydroxyl groups is 2. The molecule has 16 rings (SSSR count). The fourth-order valence-corrected chi connectivity index (χ4v) is 21.7. The number of hydrogen-bond donors (Lipinski definition) is 5. The summed E-state index contributed by atoms with van der Waals surface area (Å²) >= 11 is 3.21. The van der Waals surface area contributed by atoms with Crippen LogP contribution in [0.5, 0.6) is 11.5 Å². The zero-order valence-electron chi connectivity index (χ0n) is 68.2. The Morgan fingerprint density at radius 1 is 0.331 bits per heavy atom. The number of carbonyl (C=O) groups is 2. The van der Waals surface area contributed by atoms with Crippen molar-refractivity contribution in [1.82, 2.24) is 9.97 Å². The molecule has 14 aromatic carbocycles. The number of carbonyl (C=O) groups excluding carboxylic acids is 1. The fraction of sp³-hybridized carbons (Fsp3) is 0.0857. The molecule has 0 aliphatic heterocycles. The molecule has 19 heteroatoms. The maximum absolute atomic E-state index is 11.0. The van der Waals surface area contributed by atoms with Crippen LogP contribution < -0.4 is 78.6 Å². The van der Waals surface area contributed by atoms with Gasteiger partial charge in [-0.25, -0.2) is 14.6 Å². The molecule has 0 fully saturated rings. The monoisotopic (exact) mass is 1870 g/mol. The first-order valence-electron chi connectivity index (χ1n) is 39.7. The smallest absolute Gasteiger partial charge is 0.482 e. The van der Waals surface area contributed by atoms with Crippen LogP contribution in [-0.2, 0) is 34.7 Å². The van der Waals surface area contributed by atoms with E-state index in [9.17, 15) is 14.7 Å². The van der Waals surface area contributed by atoms with E-state index in [-0.39, 0.29) is 41.1 Å². The standard InChI is InChI=1S/4C18H15P.C15H15NO4.C10H13BO5.C7H8BrNO.CH4.Pd/c4*1-4-10-16(11-5-1)19(17-12-6-2-7-13-17)18-14-8-3-9-15-18;1-10(17)13-3-2-4-14(16-13)11-5-7-12(8-6-11)20-9-15(18)19;1-2-15-10(12)7-16-9-5-3-8(4-6-9)11(13)14;1-5(10)6-3-2-4-7(8)9-6;;/h4*1-15H;2-8,10,17H,9H2,1H3,(H,18,19);3-6,13-14H,2,7H2,1H3;2-5,10H,1H3;1H4;/t;;;;10-;;5-;;/m....1.1../s1. The molecule has 124 heavy (non-hydrogen) atoms. The van der Waals surface area contributed by atoms with E-state index >= 15 is 0 Å². The molecule has 2 heterocycles. The second kappa shape index (κ2) is 55.0. The van der Waals surface area contributed by atoms with Crippen LogP contribution in [0.2, 0.25) is 0 Å². The number of carboxylic acids is 1. The number of benzene rings is 14. The van der Waals surface area contributed by atoms with Gasteiger partial charge in [0.15, 0.2) is 13.2 Å². The predicted octanol–water partition coefficient (Wildman–Crippen LogP) is 17.9. The normalized spacial score (nSPS) is 10.7. The molecule has 0 saturated heterocycles. The number of ether oxygens (including phenoxy) is 3. The van der Waals surface area contributed by atoms with Crippen molar-refractivity contribution in [2.75, 3.05) is 19.8 Å². The molecule has 5 N–H and O–H groups in total. The SMILES string of the molecule is C.CCOC(=O)COc1ccc(B(O)O)cc1.C[C@@H](O)c1cccc(-c2ccc(OCC(=O)O)cc2)n1.C[C@@H](O)c1cccc(Br)n1.[Pd].c1ccc(P(c2ccccc2)c2ccccc2)cc1.c1ccc(P(c2ccccc2)c2ccccc2)cc1.c1ccc(P(c2ccccc2)c2ccccc2)cc1.c1ccc(P(c2ccccc2)c2ccccc2)cc1. The van der Waals surface area contributed by atoms with Crippen LogP contribution >= 0.6 is 47.6 Å². The zero-order valence-corrected chi connectivity index (χ0v) is 75.0. The Bertz CT molecular complexity index is 4740. The number of rotatable bonds is 23. The third-order valence-electron chi connectivity index (χ3n) is 17.9. The van der Waals surface area contributed by atoms with Crippen LogP contribution in [0.15, 0.2) is 454 Å². The number of aliphatic hydroxyl groups excluding tert-OH is 2. The number of halogens is 1. The van der Waals surface area contributed by atoms with Gasteiger partial charge < -0.3 is 39.6 Å². The number of carboxylic acid groups (broad SMARTS) is 1. The van der Waals surface area contributed by atoms with Crippen LogP contribution in [0, 0.1) is 0 Å². The molecular weight excluding hydrogens is 1770 g/mol. The molecule has 16 aromatic rings. The molecular formula is C105H100BBrN2O10P4Pd. The van der Waals surface area contributed by atoms with Gasteiger partial charge >= 0.3 is 19.1 Å². The Morgan fingerprint density at radius 2 is 0.565 bits per heavy atom. The van der Waals surface area contributed by atoms with Crippen molar-refractivity contribution < 1.29 is 69.6 Å². The largest absolute Gasteiger partial charge is 0.488 e.